The molecule has 2 aromatic carbocycles. The maximum atomic E-state index is 12.6. The molecule has 1 atom stereocenters. The fourth-order valence-electron chi connectivity index (χ4n) is 3.57. The largest absolute Gasteiger partial charge is 0.346 e. The third kappa shape index (κ3) is 4.65. The lowest BCUT2D eigenvalue weighted by atomic mass is 10.00. The normalized spacial score (nSPS) is 15.4. The number of amides is 3. The van der Waals surface area contributed by atoms with Gasteiger partial charge in [0.1, 0.15) is 0 Å². The molecular weight excluding hydrogens is 366 g/mol. The van der Waals surface area contributed by atoms with Gasteiger partial charge in [-0.3, -0.25) is 14.4 Å². The standard InChI is InChI=1S/C23H27N3O3/c1-15-5-10-20(16(2)13-15)17(3)24-21(27)19-8-6-18(7-9-19)14-26-12-11-25(4)22(28)23(26)29/h5-10,13,17H,11-12,14H2,1-4H3,(H,24,27). The number of nitrogens with one attached hydrogen (secondary N) is 1. The van der Waals surface area contributed by atoms with E-state index in [1.165, 1.54) is 10.5 Å². The summed E-state index contributed by atoms with van der Waals surface area (Å²) in [5, 5.41) is 3.04. The van der Waals surface area contributed by atoms with Gasteiger partial charge >= 0.3 is 11.8 Å². The van der Waals surface area contributed by atoms with Crippen LogP contribution in [0.25, 0.3) is 0 Å². The second-order valence-corrected chi connectivity index (χ2v) is 7.71. The first-order chi connectivity index (χ1) is 13.8. The quantitative estimate of drug-likeness (QED) is 0.794. The zero-order chi connectivity index (χ0) is 21.1. The number of carbonyl (C=O) groups is 3. The molecule has 1 fully saturated rings. The highest BCUT2D eigenvalue weighted by atomic mass is 16.2. The van der Waals surface area contributed by atoms with Gasteiger partial charge in [-0.25, -0.2) is 0 Å². The molecule has 1 saturated heterocycles. The Kier molecular flexibility index (Phi) is 6.01. The van der Waals surface area contributed by atoms with E-state index in [0.717, 1.165) is 16.7 Å². The number of hydrogen-bond acceptors (Lipinski definition) is 3. The summed E-state index contributed by atoms with van der Waals surface area (Å²) in [6.45, 7) is 7.47. The van der Waals surface area contributed by atoms with Crippen molar-refractivity contribution in [2.24, 2.45) is 0 Å². The van der Waals surface area contributed by atoms with E-state index in [1.807, 2.05) is 45.0 Å². The highest BCUT2D eigenvalue weighted by Crippen LogP contribution is 2.19. The van der Waals surface area contributed by atoms with E-state index in [9.17, 15) is 14.4 Å². The van der Waals surface area contributed by atoms with Crippen molar-refractivity contribution in [3.63, 3.8) is 0 Å². The van der Waals surface area contributed by atoms with Gasteiger partial charge in [0.25, 0.3) is 5.91 Å². The van der Waals surface area contributed by atoms with Gasteiger partial charge in [0.15, 0.2) is 0 Å². The molecule has 0 aromatic heterocycles. The summed E-state index contributed by atoms with van der Waals surface area (Å²) >= 11 is 0. The maximum absolute atomic E-state index is 12.6. The van der Waals surface area contributed by atoms with Crippen LogP contribution >= 0.6 is 0 Å². The Morgan fingerprint density at radius 1 is 1.03 bits per heavy atom. The van der Waals surface area contributed by atoms with Gasteiger partial charge in [-0.15, -0.1) is 0 Å². The SMILES string of the molecule is Cc1ccc(C(C)NC(=O)c2ccc(CN3CCN(C)C(=O)C3=O)cc2)c(C)c1. The van der Waals surface area contributed by atoms with Gasteiger partial charge in [0, 0.05) is 32.2 Å². The predicted octanol–water partition coefficient (Wildman–Crippen LogP) is 2.60. The Hall–Kier alpha value is -3.15. The number of aryl methyl sites for hydroxylation is 2. The van der Waals surface area contributed by atoms with Crippen LogP contribution in [0.15, 0.2) is 42.5 Å². The fraction of sp³-hybridized carbons (Fsp3) is 0.348. The molecule has 0 saturated carbocycles. The Morgan fingerprint density at radius 3 is 2.38 bits per heavy atom. The number of rotatable bonds is 5. The van der Waals surface area contributed by atoms with Gasteiger partial charge in [-0.2, -0.15) is 0 Å². The minimum atomic E-state index is -0.483. The minimum absolute atomic E-state index is 0.100. The van der Waals surface area contributed by atoms with Crippen molar-refractivity contribution < 1.29 is 14.4 Å². The van der Waals surface area contributed by atoms with Crippen LogP contribution < -0.4 is 5.32 Å². The summed E-state index contributed by atoms with van der Waals surface area (Å²) < 4.78 is 0. The molecule has 1 heterocycles. The van der Waals surface area contributed by atoms with Gasteiger partial charge in [-0.1, -0.05) is 35.9 Å². The number of piperazine rings is 1. The number of likely N-dealkylation sites (N-methyl/N-ethyl adjacent to an activating group) is 1. The number of hydrogen-bond donors (Lipinski definition) is 1. The molecule has 6 heteroatoms. The minimum Gasteiger partial charge on any atom is -0.346 e. The lowest BCUT2D eigenvalue weighted by Gasteiger charge is -2.31. The van der Waals surface area contributed by atoms with E-state index >= 15 is 0 Å². The maximum Gasteiger partial charge on any atom is 0.312 e. The van der Waals surface area contributed by atoms with Crippen LogP contribution in [0.4, 0.5) is 0 Å². The average molecular weight is 393 g/mol. The summed E-state index contributed by atoms with van der Waals surface area (Å²) in [4.78, 5) is 39.5. The van der Waals surface area contributed by atoms with E-state index in [1.54, 1.807) is 24.1 Å². The topological polar surface area (TPSA) is 69.7 Å². The molecule has 3 rings (SSSR count). The monoisotopic (exact) mass is 393 g/mol. The second-order valence-electron chi connectivity index (χ2n) is 7.71. The van der Waals surface area contributed by atoms with E-state index in [2.05, 4.69) is 11.4 Å². The Morgan fingerprint density at radius 2 is 1.72 bits per heavy atom. The van der Waals surface area contributed by atoms with Crippen LogP contribution in [0.2, 0.25) is 0 Å². The zero-order valence-corrected chi connectivity index (χ0v) is 17.4. The number of carbonyl (C=O) groups excluding carboxylic acids is 3. The number of benzene rings is 2. The van der Waals surface area contributed by atoms with Gasteiger partial charge in [0.2, 0.25) is 0 Å². The molecule has 1 N–H and O–H groups in total. The third-order valence-electron chi connectivity index (χ3n) is 5.35. The summed E-state index contributed by atoms with van der Waals surface area (Å²) in [6, 6.07) is 13.3. The molecule has 0 radical (unpaired) electrons. The molecule has 1 aliphatic rings. The van der Waals surface area contributed by atoms with Crippen molar-refractivity contribution in [2.75, 3.05) is 20.1 Å². The third-order valence-corrected chi connectivity index (χ3v) is 5.35. The molecule has 2 aromatic rings. The van der Waals surface area contributed by atoms with E-state index in [-0.39, 0.29) is 11.9 Å². The van der Waals surface area contributed by atoms with E-state index in [4.69, 9.17) is 0 Å². The lowest BCUT2D eigenvalue weighted by Crippen LogP contribution is -2.52. The Bertz CT molecular complexity index is 937. The molecule has 0 bridgehead atoms. The van der Waals surface area contributed by atoms with E-state index in [0.29, 0.717) is 25.2 Å². The molecule has 1 aliphatic heterocycles. The summed E-state index contributed by atoms with van der Waals surface area (Å²) in [5.74, 6) is -1.11. The summed E-state index contributed by atoms with van der Waals surface area (Å²) in [7, 11) is 1.63. The smallest absolute Gasteiger partial charge is 0.312 e. The van der Waals surface area contributed by atoms with Crippen LogP contribution in [0.3, 0.4) is 0 Å². The van der Waals surface area contributed by atoms with Crippen LogP contribution in [0, 0.1) is 13.8 Å². The highest BCUT2D eigenvalue weighted by Gasteiger charge is 2.30. The first-order valence-electron chi connectivity index (χ1n) is 9.77. The van der Waals surface area contributed by atoms with Crippen molar-refractivity contribution >= 4 is 17.7 Å². The van der Waals surface area contributed by atoms with Gasteiger partial charge < -0.3 is 15.1 Å². The summed E-state index contributed by atoms with van der Waals surface area (Å²) in [5.41, 5.74) is 4.89. The predicted molar refractivity (Wildman–Crippen MR) is 111 cm³/mol. The van der Waals surface area contributed by atoms with Crippen LogP contribution in [-0.4, -0.2) is 47.7 Å². The molecule has 152 valence electrons. The zero-order valence-electron chi connectivity index (χ0n) is 17.4. The molecule has 0 aliphatic carbocycles. The molecular formula is C23H27N3O3. The van der Waals surface area contributed by atoms with Gasteiger partial charge in [0.05, 0.1) is 6.04 Å². The Balaban J connectivity index is 1.63. The first kappa shape index (κ1) is 20.6. The fourth-order valence-corrected chi connectivity index (χ4v) is 3.57. The molecule has 3 amide bonds. The number of nitrogens with zero attached hydrogens (tertiary/aromatic N) is 2. The second kappa shape index (κ2) is 8.47. The molecule has 29 heavy (non-hydrogen) atoms. The summed E-state index contributed by atoms with van der Waals surface area (Å²) in [6.07, 6.45) is 0. The lowest BCUT2D eigenvalue weighted by molar-refractivity contribution is -0.155. The molecule has 0 spiro atoms. The van der Waals surface area contributed by atoms with Crippen LogP contribution in [0.5, 0.6) is 0 Å². The molecule has 6 nitrogen and oxygen atoms in total. The van der Waals surface area contributed by atoms with Crippen molar-refractivity contribution in [1.29, 1.82) is 0 Å². The highest BCUT2D eigenvalue weighted by molar-refractivity contribution is 6.35. The van der Waals surface area contributed by atoms with Crippen molar-refractivity contribution in [3.05, 3.63) is 70.3 Å². The van der Waals surface area contributed by atoms with Crippen LogP contribution in [-0.2, 0) is 16.1 Å². The van der Waals surface area contributed by atoms with Crippen molar-refractivity contribution in [1.82, 2.24) is 15.1 Å². The van der Waals surface area contributed by atoms with E-state index < -0.39 is 11.8 Å². The molecule has 1 unspecified atom stereocenters. The van der Waals surface area contributed by atoms with Crippen LogP contribution in [0.1, 0.15) is 45.6 Å². The Labute approximate surface area is 171 Å². The first-order valence-corrected chi connectivity index (χ1v) is 9.77. The van der Waals surface area contributed by atoms with Crippen molar-refractivity contribution in [2.45, 2.75) is 33.4 Å². The average Bonchev–Trinajstić information content (AvgIpc) is 2.68. The van der Waals surface area contributed by atoms with Gasteiger partial charge in [-0.05, 0) is 49.6 Å². The van der Waals surface area contributed by atoms with Crippen molar-refractivity contribution in [3.8, 4) is 0 Å².